The quantitative estimate of drug-likeness (QED) is 0.436. The van der Waals surface area contributed by atoms with Crippen molar-refractivity contribution < 1.29 is 42.1 Å². The number of aliphatic carboxylic acids is 1. The van der Waals surface area contributed by atoms with Gasteiger partial charge in [0.05, 0.1) is 6.54 Å². The predicted octanol–water partition coefficient (Wildman–Crippen LogP) is 4.53. The summed E-state index contributed by atoms with van der Waals surface area (Å²) in [6.07, 6.45) is -4.78. The molecule has 0 aromatic heterocycles. The molecule has 10 heteroatoms. The minimum absolute atomic E-state index is 0.0668. The van der Waals surface area contributed by atoms with E-state index < -0.39 is 30.9 Å². The van der Waals surface area contributed by atoms with E-state index in [0.717, 1.165) is 18.4 Å². The molecule has 1 unspecified atom stereocenters. The zero-order valence-corrected chi connectivity index (χ0v) is 18.7. The van der Waals surface area contributed by atoms with Crippen molar-refractivity contribution in [3.05, 3.63) is 29.8 Å². The van der Waals surface area contributed by atoms with E-state index >= 15 is 0 Å². The van der Waals surface area contributed by atoms with Crippen LogP contribution in [0.1, 0.15) is 39.2 Å². The van der Waals surface area contributed by atoms with Gasteiger partial charge in [-0.3, -0.25) is 0 Å². The van der Waals surface area contributed by atoms with E-state index in [0.29, 0.717) is 5.75 Å². The topological polar surface area (TPSA) is 85.3 Å². The SMILES string of the molecule is CCOC(Cc1ccc(OCCN(CC(CC)CC)C(=O)OCC(F)(F)F)cc1)C(=O)O. The third-order valence-corrected chi connectivity index (χ3v) is 4.87. The highest BCUT2D eigenvalue weighted by molar-refractivity contribution is 5.72. The molecule has 1 amide bonds. The molecule has 0 aliphatic rings. The second-order valence-corrected chi connectivity index (χ2v) is 7.28. The van der Waals surface area contributed by atoms with Crippen molar-refractivity contribution >= 4 is 12.1 Å². The maximum absolute atomic E-state index is 12.4. The van der Waals surface area contributed by atoms with Crippen LogP contribution in [0.3, 0.4) is 0 Å². The van der Waals surface area contributed by atoms with E-state index in [9.17, 15) is 22.8 Å². The van der Waals surface area contributed by atoms with Gasteiger partial charge in [-0.25, -0.2) is 9.59 Å². The number of nitrogens with zero attached hydrogens (tertiary/aromatic N) is 1. The Bertz CT molecular complexity index is 692. The molecular weight excluding hydrogens is 431 g/mol. The number of carbonyl (C=O) groups excluding carboxylic acids is 1. The van der Waals surface area contributed by atoms with Crippen molar-refractivity contribution in [2.45, 2.75) is 52.3 Å². The minimum atomic E-state index is -4.59. The highest BCUT2D eigenvalue weighted by Gasteiger charge is 2.31. The van der Waals surface area contributed by atoms with E-state index in [4.69, 9.17) is 14.6 Å². The van der Waals surface area contributed by atoms with Gasteiger partial charge in [-0.05, 0) is 30.5 Å². The summed E-state index contributed by atoms with van der Waals surface area (Å²) in [4.78, 5) is 24.6. The first-order valence-electron chi connectivity index (χ1n) is 10.6. The molecule has 182 valence electrons. The first-order valence-corrected chi connectivity index (χ1v) is 10.6. The summed E-state index contributed by atoms with van der Waals surface area (Å²) in [5.74, 6) is -0.412. The molecule has 0 aliphatic carbocycles. The fourth-order valence-electron chi connectivity index (χ4n) is 2.98. The average Bonchev–Trinajstić information content (AvgIpc) is 2.74. The molecule has 0 spiro atoms. The van der Waals surface area contributed by atoms with Crippen LogP contribution in [0, 0.1) is 5.92 Å². The number of halogens is 3. The lowest BCUT2D eigenvalue weighted by atomic mass is 10.0. The Morgan fingerprint density at radius 1 is 1.09 bits per heavy atom. The summed E-state index contributed by atoms with van der Waals surface area (Å²) in [6, 6.07) is 6.74. The lowest BCUT2D eigenvalue weighted by Gasteiger charge is -2.26. The lowest BCUT2D eigenvalue weighted by molar-refractivity contribution is -0.162. The molecule has 1 atom stereocenters. The van der Waals surface area contributed by atoms with Crippen molar-refractivity contribution in [2.24, 2.45) is 5.92 Å². The molecular formula is C22H32F3NO6. The van der Waals surface area contributed by atoms with Crippen molar-refractivity contribution in [3.63, 3.8) is 0 Å². The molecule has 7 nitrogen and oxygen atoms in total. The summed E-state index contributed by atoms with van der Waals surface area (Å²) in [6.45, 7) is 4.69. The standard InChI is InChI=1S/C22H32F3NO6/c1-4-16(5-2)14-26(21(29)32-15-22(23,24)25)11-12-31-18-9-7-17(8-10-18)13-19(20(27)28)30-6-3/h7-10,16,19H,4-6,11-15H2,1-3H3,(H,27,28). The number of alkyl halides is 3. The number of amides is 1. The molecule has 0 saturated heterocycles. The Balaban J connectivity index is 2.65. The minimum Gasteiger partial charge on any atom is -0.492 e. The van der Waals surface area contributed by atoms with Gasteiger partial charge in [0, 0.05) is 19.6 Å². The zero-order valence-electron chi connectivity index (χ0n) is 18.7. The molecule has 1 N–H and O–H groups in total. The summed E-state index contributed by atoms with van der Waals surface area (Å²) in [5, 5.41) is 9.16. The Hall–Kier alpha value is -2.49. The third-order valence-electron chi connectivity index (χ3n) is 4.87. The van der Waals surface area contributed by atoms with Crippen LogP contribution in [0.15, 0.2) is 24.3 Å². The van der Waals surface area contributed by atoms with E-state index in [1.54, 1.807) is 31.2 Å². The summed E-state index contributed by atoms with van der Waals surface area (Å²) in [5.41, 5.74) is 0.754. The van der Waals surface area contributed by atoms with E-state index in [1.807, 2.05) is 13.8 Å². The number of ether oxygens (including phenoxy) is 3. The molecule has 32 heavy (non-hydrogen) atoms. The molecule has 1 aromatic carbocycles. The summed E-state index contributed by atoms with van der Waals surface area (Å²) >= 11 is 0. The fraction of sp³-hybridized carbons (Fsp3) is 0.636. The second kappa shape index (κ2) is 13.8. The van der Waals surface area contributed by atoms with Crippen molar-refractivity contribution in [2.75, 3.05) is 32.9 Å². The fourth-order valence-corrected chi connectivity index (χ4v) is 2.98. The van der Waals surface area contributed by atoms with Gasteiger partial charge in [0.1, 0.15) is 12.4 Å². The lowest BCUT2D eigenvalue weighted by Crippen LogP contribution is -2.39. The van der Waals surface area contributed by atoms with Gasteiger partial charge in [0.15, 0.2) is 12.7 Å². The molecule has 0 bridgehead atoms. The Kier molecular flexibility index (Phi) is 11.9. The number of carboxylic acids is 1. The van der Waals surface area contributed by atoms with E-state index in [1.165, 1.54) is 4.90 Å². The summed E-state index contributed by atoms with van der Waals surface area (Å²) in [7, 11) is 0. The Labute approximate surface area is 186 Å². The number of hydrogen-bond acceptors (Lipinski definition) is 5. The van der Waals surface area contributed by atoms with Gasteiger partial charge in [-0.15, -0.1) is 0 Å². The number of rotatable bonds is 14. The first-order chi connectivity index (χ1) is 15.1. The average molecular weight is 463 g/mol. The number of carboxylic acid groups (broad SMARTS) is 1. The van der Waals surface area contributed by atoms with Crippen LogP contribution in [0.4, 0.5) is 18.0 Å². The maximum Gasteiger partial charge on any atom is 0.422 e. The monoisotopic (exact) mass is 463 g/mol. The molecule has 1 aromatic rings. The van der Waals surface area contributed by atoms with Crippen molar-refractivity contribution in [1.82, 2.24) is 4.90 Å². The highest BCUT2D eigenvalue weighted by Crippen LogP contribution is 2.18. The van der Waals surface area contributed by atoms with Crippen LogP contribution in [0.5, 0.6) is 5.75 Å². The molecule has 0 heterocycles. The van der Waals surface area contributed by atoms with Crippen LogP contribution >= 0.6 is 0 Å². The predicted molar refractivity (Wildman–Crippen MR) is 112 cm³/mol. The number of benzene rings is 1. The van der Waals surface area contributed by atoms with Crippen molar-refractivity contribution in [1.29, 1.82) is 0 Å². The molecule has 0 fully saturated rings. The Morgan fingerprint density at radius 3 is 2.22 bits per heavy atom. The van der Waals surface area contributed by atoms with Gasteiger partial charge in [-0.2, -0.15) is 13.2 Å². The normalized spacial score (nSPS) is 12.5. The highest BCUT2D eigenvalue weighted by atomic mass is 19.4. The molecule has 1 rings (SSSR count). The molecule has 0 saturated carbocycles. The number of carbonyl (C=O) groups is 2. The maximum atomic E-state index is 12.4. The van der Waals surface area contributed by atoms with E-state index in [2.05, 4.69) is 4.74 Å². The van der Waals surface area contributed by atoms with Crippen LogP contribution in [-0.2, 0) is 20.7 Å². The largest absolute Gasteiger partial charge is 0.492 e. The van der Waals surface area contributed by atoms with Crippen LogP contribution in [0.2, 0.25) is 0 Å². The van der Waals surface area contributed by atoms with Gasteiger partial charge in [0.2, 0.25) is 0 Å². The van der Waals surface area contributed by atoms with Crippen LogP contribution in [0.25, 0.3) is 0 Å². The third kappa shape index (κ3) is 10.7. The van der Waals surface area contributed by atoms with E-state index in [-0.39, 0.29) is 38.6 Å². The van der Waals surface area contributed by atoms with Gasteiger partial charge in [-0.1, -0.05) is 38.8 Å². The molecule has 0 aliphatic heterocycles. The smallest absolute Gasteiger partial charge is 0.422 e. The summed E-state index contributed by atoms with van der Waals surface area (Å²) < 4.78 is 52.4. The Morgan fingerprint density at radius 2 is 1.72 bits per heavy atom. The van der Waals surface area contributed by atoms with Crippen LogP contribution in [-0.4, -0.2) is 67.3 Å². The first kappa shape index (κ1) is 27.5. The van der Waals surface area contributed by atoms with Crippen molar-refractivity contribution in [3.8, 4) is 5.75 Å². The zero-order chi connectivity index (χ0) is 24.1. The molecule has 0 radical (unpaired) electrons. The second-order valence-electron chi connectivity index (χ2n) is 7.28. The van der Waals surface area contributed by atoms with Gasteiger partial charge < -0.3 is 24.2 Å². The van der Waals surface area contributed by atoms with Gasteiger partial charge in [0.25, 0.3) is 0 Å². The van der Waals surface area contributed by atoms with Crippen LogP contribution < -0.4 is 4.74 Å². The number of hydrogen-bond donors (Lipinski definition) is 1. The van der Waals surface area contributed by atoms with Gasteiger partial charge >= 0.3 is 18.2 Å².